The molecule has 0 radical (unpaired) electrons. The van der Waals surface area contributed by atoms with Crippen molar-refractivity contribution in [3.8, 4) is 56.5 Å². The number of benzene rings is 8. The van der Waals surface area contributed by atoms with E-state index in [1.807, 2.05) is 72.8 Å². The number of para-hydroxylation sites is 4. The molecule has 6 nitrogen and oxygen atoms in total. The Morgan fingerprint density at radius 3 is 1.72 bits per heavy atom. The van der Waals surface area contributed by atoms with Crippen molar-refractivity contribution in [1.82, 2.24) is 19.9 Å². The molecular weight excluding hydrogens is 713 g/mol. The summed E-state index contributed by atoms with van der Waals surface area (Å²) in [6.07, 6.45) is 0. The van der Waals surface area contributed by atoms with Crippen molar-refractivity contribution in [2.45, 2.75) is 0 Å². The van der Waals surface area contributed by atoms with Crippen molar-refractivity contribution in [1.29, 1.82) is 0 Å². The minimum atomic E-state index is 0.535. The fraction of sp³-hybridized carbons (Fsp3) is 0. The molecule has 0 aliphatic rings. The normalized spacial score (nSPS) is 11.8. The van der Waals surface area contributed by atoms with Gasteiger partial charge in [-0.3, -0.25) is 0 Å². The summed E-state index contributed by atoms with van der Waals surface area (Å²) in [5.41, 5.74) is 10.7. The van der Waals surface area contributed by atoms with Crippen LogP contribution in [0.3, 0.4) is 0 Å². The van der Waals surface area contributed by atoms with E-state index >= 15 is 0 Å². The van der Waals surface area contributed by atoms with Gasteiger partial charge in [0.25, 0.3) is 0 Å². The number of pyridine rings is 1. The topological polar surface area (TPSA) is 77.8 Å². The molecule has 0 saturated heterocycles. The number of fused-ring (bicyclic) bond motifs is 9. The predicted octanol–water partition coefficient (Wildman–Crippen LogP) is 13.7. The van der Waals surface area contributed by atoms with E-state index in [-0.39, 0.29) is 0 Å². The zero-order valence-corrected chi connectivity index (χ0v) is 30.9. The number of hydrogen-bond donors (Lipinski definition) is 0. The van der Waals surface area contributed by atoms with Crippen LogP contribution in [0.15, 0.2) is 191 Å². The van der Waals surface area contributed by atoms with Crippen molar-refractivity contribution in [2.75, 3.05) is 0 Å². The van der Waals surface area contributed by atoms with Gasteiger partial charge in [-0.2, -0.15) is 0 Å². The molecule has 8 aromatic carbocycles. The molecule has 0 bridgehead atoms. The third-order valence-corrected chi connectivity index (χ3v) is 11.1. The number of hydrogen-bond acceptors (Lipinski definition) is 6. The Labute approximate surface area is 331 Å². The first-order chi connectivity index (χ1) is 28.7. The lowest BCUT2D eigenvalue weighted by molar-refractivity contribution is 0.669. The van der Waals surface area contributed by atoms with Crippen LogP contribution >= 0.6 is 0 Å². The molecule has 12 rings (SSSR count). The van der Waals surface area contributed by atoms with Crippen molar-refractivity contribution >= 4 is 65.6 Å². The first kappa shape index (κ1) is 32.3. The summed E-state index contributed by atoms with van der Waals surface area (Å²) in [6.45, 7) is 0. The Hall–Kier alpha value is -7.96. The lowest BCUT2D eigenvalue weighted by Crippen LogP contribution is -2.00. The number of rotatable bonds is 5. The van der Waals surface area contributed by atoms with Gasteiger partial charge in [-0.25, -0.2) is 19.9 Å². The molecule has 12 aromatic rings. The van der Waals surface area contributed by atoms with Crippen LogP contribution in [0.5, 0.6) is 0 Å². The second-order valence-corrected chi connectivity index (χ2v) is 14.5. The molecule has 0 unspecified atom stereocenters. The fourth-order valence-corrected chi connectivity index (χ4v) is 8.50. The summed E-state index contributed by atoms with van der Waals surface area (Å²) < 4.78 is 13.1. The molecule has 0 N–H and O–H groups in total. The highest BCUT2D eigenvalue weighted by atomic mass is 16.3. The second-order valence-electron chi connectivity index (χ2n) is 14.5. The maximum absolute atomic E-state index is 6.62. The summed E-state index contributed by atoms with van der Waals surface area (Å²) in [5.74, 6) is 1.66. The lowest BCUT2D eigenvalue weighted by Gasteiger charge is -2.16. The van der Waals surface area contributed by atoms with E-state index in [2.05, 4.69) is 109 Å². The van der Waals surface area contributed by atoms with Gasteiger partial charge in [0.15, 0.2) is 17.5 Å². The molecule has 270 valence electrons. The van der Waals surface area contributed by atoms with Crippen LogP contribution in [0.4, 0.5) is 0 Å². The molecule has 0 fully saturated rings. The highest BCUT2D eigenvalue weighted by molar-refractivity contribution is 6.27. The zero-order valence-electron chi connectivity index (χ0n) is 30.9. The number of furan rings is 2. The van der Waals surface area contributed by atoms with Gasteiger partial charge in [0.2, 0.25) is 0 Å². The molecule has 4 heterocycles. The molecule has 0 atom stereocenters. The third kappa shape index (κ3) is 5.05. The predicted molar refractivity (Wildman–Crippen MR) is 234 cm³/mol. The molecule has 0 amide bonds. The Balaban J connectivity index is 1.11. The third-order valence-electron chi connectivity index (χ3n) is 11.1. The average Bonchev–Trinajstić information content (AvgIpc) is 3.87. The van der Waals surface area contributed by atoms with Crippen LogP contribution in [-0.4, -0.2) is 19.9 Å². The Morgan fingerprint density at radius 1 is 0.328 bits per heavy atom. The Bertz CT molecular complexity index is 3570. The van der Waals surface area contributed by atoms with E-state index in [1.54, 1.807) is 0 Å². The molecule has 0 aliphatic heterocycles. The smallest absolute Gasteiger partial charge is 0.167 e. The SMILES string of the molecule is c1ccc(-c2nc(-c3cccc(-c4nc5ccccc5c5c(-c6ccccc6)c6c(cc45)oc4ccccc46)c3)nc(-c3cccc4c3oc3ccccc34)n2)cc1. The molecule has 4 aromatic heterocycles. The fourth-order valence-electron chi connectivity index (χ4n) is 8.50. The summed E-state index contributed by atoms with van der Waals surface area (Å²) in [7, 11) is 0. The van der Waals surface area contributed by atoms with Crippen LogP contribution in [0, 0.1) is 0 Å². The molecular formula is C52H30N4O2. The van der Waals surface area contributed by atoms with Crippen LogP contribution in [-0.2, 0) is 0 Å². The summed E-state index contributed by atoms with van der Waals surface area (Å²) in [4.78, 5) is 20.7. The molecule has 6 heteroatoms. The monoisotopic (exact) mass is 742 g/mol. The quantitative estimate of drug-likeness (QED) is 0.163. The summed E-state index contributed by atoms with van der Waals surface area (Å²) >= 11 is 0. The van der Waals surface area contributed by atoms with E-state index in [1.165, 1.54) is 0 Å². The van der Waals surface area contributed by atoms with E-state index in [0.717, 1.165) is 105 Å². The summed E-state index contributed by atoms with van der Waals surface area (Å²) in [6, 6.07) is 62.1. The van der Waals surface area contributed by atoms with E-state index in [4.69, 9.17) is 28.8 Å². The van der Waals surface area contributed by atoms with Crippen molar-refractivity contribution in [3.05, 3.63) is 182 Å². The maximum Gasteiger partial charge on any atom is 0.167 e. The standard InChI is InChI=1S/C52H30N4O2/c1-3-15-31(16-4-1)45-46-37-22-7-10-26-41(37)53-48(40(46)30-44-47(45)38-23-9-12-28-43(38)57-44)33-19-13-20-34(29-33)51-54-50(32-17-5-2-6-18-32)55-52(56-51)39-25-14-24-36-35-21-8-11-27-42(35)58-49(36)39/h1-30H. The van der Waals surface area contributed by atoms with Crippen molar-refractivity contribution in [2.24, 2.45) is 0 Å². The van der Waals surface area contributed by atoms with Gasteiger partial charge in [-0.05, 0) is 42.0 Å². The molecule has 0 spiro atoms. The van der Waals surface area contributed by atoms with Gasteiger partial charge in [0.1, 0.15) is 22.3 Å². The number of aromatic nitrogens is 4. The van der Waals surface area contributed by atoms with Crippen LogP contribution in [0.2, 0.25) is 0 Å². The van der Waals surface area contributed by atoms with E-state index in [9.17, 15) is 0 Å². The minimum absolute atomic E-state index is 0.535. The zero-order chi connectivity index (χ0) is 38.2. The van der Waals surface area contributed by atoms with Crippen LogP contribution in [0.25, 0.3) is 122 Å². The largest absolute Gasteiger partial charge is 0.456 e. The average molecular weight is 743 g/mol. The van der Waals surface area contributed by atoms with E-state index < -0.39 is 0 Å². The van der Waals surface area contributed by atoms with Gasteiger partial charge in [0.05, 0.1) is 16.8 Å². The molecule has 0 saturated carbocycles. The van der Waals surface area contributed by atoms with Gasteiger partial charge in [-0.1, -0.05) is 146 Å². The van der Waals surface area contributed by atoms with Crippen molar-refractivity contribution in [3.63, 3.8) is 0 Å². The van der Waals surface area contributed by atoms with Gasteiger partial charge < -0.3 is 8.83 Å². The first-order valence-electron chi connectivity index (χ1n) is 19.3. The van der Waals surface area contributed by atoms with Gasteiger partial charge in [-0.15, -0.1) is 0 Å². The van der Waals surface area contributed by atoms with Crippen LogP contribution < -0.4 is 0 Å². The molecule has 58 heavy (non-hydrogen) atoms. The highest BCUT2D eigenvalue weighted by Gasteiger charge is 2.23. The Morgan fingerprint density at radius 2 is 0.914 bits per heavy atom. The lowest BCUT2D eigenvalue weighted by atomic mass is 9.89. The van der Waals surface area contributed by atoms with Gasteiger partial charge in [0, 0.05) is 60.0 Å². The van der Waals surface area contributed by atoms with Crippen LogP contribution in [0.1, 0.15) is 0 Å². The van der Waals surface area contributed by atoms with Gasteiger partial charge >= 0.3 is 0 Å². The molecule has 0 aliphatic carbocycles. The second kappa shape index (κ2) is 12.8. The van der Waals surface area contributed by atoms with E-state index in [0.29, 0.717) is 17.5 Å². The minimum Gasteiger partial charge on any atom is -0.456 e. The number of nitrogens with zero attached hydrogens (tertiary/aromatic N) is 4. The first-order valence-corrected chi connectivity index (χ1v) is 19.3. The van der Waals surface area contributed by atoms with Crippen molar-refractivity contribution < 1.29 is 8.83 Å². The highest BCUT2D eigenvalue weighted by Crippen LogP contribution is 2.46. The maximum atomic E-state index is 6.62. The Kier molecular flexibility index (Phi) is 7.13. The summed E-state index contributed by atoms with van der Waals surface area (Å²) in [5, 5.41) is 7.45.